The van der Waals surface area contributed by atoms with Gasteiger partial charge in [0.2, 0.25) is 0 Å². The highest BCUT2D eigenvalue weighted by molar-refractivity contribution is 4.82. The van der Waals surface area contributed by atoms with Crippen molar-refractivity contribution in [2.75, 3.05) is 0 Å². The summed E-state index contributed by atoms with van der Waals surface area (Å²) in [6, 6.07) is 0. The number of hydrogen-bond donors (Lipinski definition) is 0. The molecule has 0 aromatic rings. The number of allylic oxidation sites excluding steroid dienone is 2. The Labute approximate surface area is 135 Å². The molecule has 0 N–H and O–H groups in total. The minimum Gasteiger partial charge on any atom is -0.0885 e. The molecule has 0 saturated carbocycles. The minimum atomic E-state index is 0.847. The van der Waals surface area contributed by atoms with E-state index in [-0.39, 0.29) is 0 Å². The van der Waals surface area contributed by atoms with Gasteiger partial charge in [-0.25, -0.2) is 0 Å². The second kappa shape index (κ2) is 16.1. The number of unbranched alkanes of at least 4 members (excludes halogenated alkanes) is 8. The summed E-state index contributed by atoms with van der Waals surface area (Å²) >= 11 is 0. The van der Waals surface area contributed by atoms with Crippen LogP contribution in [0.3, 0.4) is 0 Å². The SMILES string of the molecule is [CH2]CCC=CCCCC(CCCCCCCC[CH2])C(C)C. The molecule has 0 aromatic carbocycles. The van der Waals surface area contributed by atoms with E-state index in [0.29, 0.717) is 0 Å². The fraction of sp³-hybridized carbons (Fsp3) is 0.810. The van der Waals surface area contributed by atoms with Crippen molar-refractivity contribution in [2.45, 2.75) is 97.3 Å². The molecule has 0 aliphatic carbocycles. The van der Waals surface area contributed by atoms with E-state index < -0.39 is 0 Å². The Balaban J connectivity index is 3.58. The van der Waals surface area contributed by atoms with E-state index in [1.807, 2.05) is 0 Å². The molecule has 21 heavy (non-hydrogen) atoms. The van der Waals surface area contributed by atoms with Crippen molar-refractivity contribution in [1.82, 2.24) is 0 Å². The van der Waals surface area contributed by atoms with Gasteiger partial charge >= 0.3 is 0 Å². The average molecular weight is 293 g/mol. The van der Waals surface area contributed by atoms with E-state index in [1.165, 1.54) is 64.2 Å². The maximum absolute atomic E-state index is 3.91. The summed E-state index contributed by atoms with van der Waals surface area (Å²) in [5.41, 5.74) is 0. The topological polar surface area (TPSA) is 0 Å². The van der Waals surface area contributed by atoms with Gasteiger partial charge in [0.15, 0.2) is 0 Å². The van der Waals surface area contributed by atoms with Crippen molar-refractivity contribution in [3.05, 3.63) is 26.0 Å². The van der Waals surface area contributed by atoms with Crippen LogP contribution in [0.1, 0.15) is 97.3 Å². The smallest absolute Gasteiger partial charge is 0.0351 e. The van der Waals surface area contributed by atoms with Gasteiger partial charge in [0.05, 0.1) is 0 Å². The van der Waals surface area contributed by atoms with Crippen LogP contribution in [0.25, 0.3) is 0 Å². The highest BCUT2D eigenvalue weighted by Crippen LogP contribution is 2.25. The van der Waals surface area contributed by atoms with Gasteiger partial charge in [-0.3, -0.25) is 0 Å². The van der Waals surface area contributed by atoms with Crippen LogP contribution in [0.4, 0.5) is 0 Å². The van der Waals surface area contributed by atoms with E-state index in [0.717, 1.165) is 31.1 Å². The quantitative estimate of drug-likeness (QED) is 0.216. The first kappa shape index (κ1) is 20.7. The minimum absolute atomic E-state index is 0.847. The van der Waals surface area contributed by atoms with Gasteiger partial charge in [0, 0.05) is 0 Å². The average Bonchev–Trinajstić information content (AvgIpc) is 2.47. The van der Waals surface area contributed by atoms with Gasteiger partial charge in [-0.05, 0) is 43.9 Å². The molecule has 0 heteroatoms. The third-order valence-corrected chi connectivity index (χ3v) is 4.50. The molecule has 1 atom stereocenters. The fourth-order valence-electron chi connectivity index (χ4n) is 2.95. The van der Waals surface area contributed by atoms with E-state index >= 15 is 0 Å². The normalized spacial score (nSPS) is 13.4. The molecule has 0 aliphatic heterocycles. The lowest BCUT2D eigenvalue weighted by atomic mass is 9.86. The third-order valence-electron chi connectivity index (χ3n) is 4.50. The van der Waals surface area contributed by atoms with Gasteiger partial charge in [-0.1, -0.05) is 91.2 Å². The molecule has 0 rings (SSSR count). The molecule has 2 radical (unpaired) electrons. The highest BCUT2D eigenvalue weighted by atomic mass is 14.2. The molecular weight excluding hydrogens is 252 g/mol. The number of rotatable bonds is 15. The van der Waals surface area contributed by atoms with Gasteiger partial charge in [-0.15, -0.1) is 0 Å². The van der Waals surface area contributed by atoms with Crippen molar-refractivity contribution in [2.24, 2.45) is 11.8 Å². The van der Waals surface area contributed by atoms with Crippen LogP contribution in [0, 0.1) is 25.7 Å². The summed E-state index contributed by atoms with van der Waals surface area (Å²) in [5.74, 6) is 1.78. The van der Waals surface area contributed by atoms with Crippen LogP contribution in [-0.4, -0.2) is 0 Å². The molecular formula is C21H40. The van der Waals surface area contributed by atoms with E-state index in [4.69, 9.17) is 0 Å². The summed E-state index contributed by atoms with van der Waals surface area (Å²) in [6.45, 7) is 12.6. The fourth-order valence-corrected chi connectivity index (χ4v) is 2.95. The van der Waals surface area contributed by atoms with Crippen LogP contribution in [-0.2, 0) is 0 Å². The monoisotopic (exact) mass is 292 g/mol. The van der Waals surface area contributed by atoms with E-state index in [2.05, 4.69) is 39.8 Å². The molecule has 1 unspecified atom stereocenters. The molecule has 124 valence electrons. The molecule has 0 saturated heterocycles. The standard InChI is InChI=1S/C21H40/c1-5-7-9-11-13-15-17-19-21(20(3)4)18-16-14-12-10-8-6-2/h10,12,20-21H,1-2,5-9,11,13-19H2,3-4H3. The van der Waals surface area contributed by atoms with Crippen molar-refractivity contribution in [3.63, 3.8) is 0 Å². The Bertz CT molecular complexity index is 214. The Hall–Kier alpha value is -0.260. The van der Waals surface area contributed by atoms with Gasteiger partial charge in [0.25, 0.3) is 0 Å². The Morgan fingerprint density at radius 3 is 1.86 bits per heavy atom. The van der Waals surface area contributed by atoms with Crippen LogP contribution >= 0.6 is 0 Å². The molecule has 0 amide bonds. The summed E-state index contributed by atoms with van der Waals surface area (Å²) in [7, 11) is 0. The Kier molecular flexibility index (Phi) is 15.9. The third kappa shape index (κ3) is 14.4. The van der Waals surface area contributed by atoms with Crippen molar-refractivity contribution in [3.8, 4) is 0 Å². The van der Waals surface area contributed by atoms with Crippen molar-refractivity contribution >= 4 is 0 Å². The maximum atomic E-state index is 3.91. The maximum Gasteiger partial charge on any atom is -0.0351 e. The lowest BCUT2D eigenvalue weighted by Gasteiger charge is -2.20. The second-order valence-electron chi connectivity index (χ2n) is 6.81. The molecule has 0 aliphatic rings. The van der Waals surface area contributed by atoms with Crippen LogP contribution in [0.2, 0.25) is 0 Å². The Morgan fingerprint density at radius 1 is 0.667 bits per heavy atom. The zero-order valence-electron chi connectivity index (χ0n) is 14.9. The van der Waals surface area contributed by atoms with E-state index in [9.17, 15) is 0 Å². The van der Waals surface area contributed by atoms with Gasteiger partial charge in [-0.2, -0.15) is 0 Å². The molecule has 0 bridgehead atoms. The second-order valence-corrected chi connectivity index (χ2v) is 6.81. The largest absolute Gasteiger partial charge is 0.0885 e. The van der Waals surface area contributed by atoms with Gasteiger partial charge < -0.3 is 0 Å². The molecule has 0 spiro atoms. The lowest BCUT2D eigenvalue weighted by Crippen LogP contribution is -2.08. The molecule has 0 nitrogen and oxygen atoms in total. The van der Waals surface area contributed by atoms with Crippen molar-refractivity contribution < 1.29 is 0 Å². The van der Waals surface area contributed by atoms with Crippen LogP contribution < -0.4 is 0 Å². The van der Waals surface area contributed by atoms with Crippen LogP contribution in [0.5, 0.6) is 0 Å². The lowest BCUT2D eigenvalue weighted by molar-refractivity contribution is 0.318. The molecule has 0 heterocycles. The first-order valence-corrected chi connectivity index (χ1v) is 9.45. The van der Waals surface area contributed by atoms with Crippen molar-refractivity contribution in [1.29, 1.82) is 0 Å². The summed E-state index contributed by atoms with van der Waals surface area (Å²) < 4.78 is 0. The Morgan fingerprint density at radius 2 is 1.24 bits per heavy atom. The predicted molar refractivity (Wildman–Crippen MR) is 98.2 cm³/mol. The molecule has 0 fully saturated rings. The van der Waals surface area contributed by atoms with E-state index in [1.54, 1.807) is 0 Å². The summed E-state index contributed by atoms with van der Waals surface area (Å²) in [5, 5.41) is 0. The highest BCUT2D eigenvalue weighted by Gasteiger charge is 2.12. The zero-order chi connectivity index (χ0) is 15.8. The van der Waals surface area contributed by atoms with Gasteiger partial charge in [0.1, 0.15) is 0 Å². The predicted octanol–water partition coefficient (Wildman–Crippen LogP) is 7.55. The zero-order valence-corrected chi connectivity index (χ0v) is 14.9. The van der Waals surface area contributed by atoms with Crippen LogP contribution in [0.15, 0.2) is 12.2 Å². The molecule has 0 aromatic heterocycles. The number of hydrogen-bond acceptors (Lipinski definition) is 0. The first-order valence-electron chi connectivity index (χ1n) is 9.45. The first-order chi connectivity index (χ1) is 10.2. The summed E-state index contributed by atoms with van der Waals surface area (Å²) in [4.78, 5) is 0. The summed E-state index contributed by atoms with van der Waals surface area (Å²) in [6.07, 6.45) is 21.8.